The van der Waals surface area contributed by atoms with Crippen LogP contribution < -0.4 is 10.6 Å². The molecule has 24 heavy (non-hydrogen) atoms. The summed E-state index contributed by atoms with van der Waals surface area (Å²) in [6.45, 7) is 2.41. The Kier molecular flexibility index (Phi) is 6.01. The van der Waals surface area contributed by atoms with E-state index in [1.807, 2.05) is 31.3 Å². The highest BCUT2D eigenvalue weighted by molar-refractivity contribution is 7.10. The number of carbonyl (C=O) groups excluding carboxylic acids is 1. The third kappa shape index (κ3) is 4.44. The Hall–Kier alpha value is -1.69. The molecule has 2 N–H and O–H groups in total. The van der Waals surface area contributed by atoms with Crippen LogP contribution in [0.3, 0.4) is 0 Å². The molecule has 0 saturated carbocycles. The quantitative estimate of drug-likeness (QED) is 0.847. The first kappa shape index (κ1) is 17.1. The number of nitrogens with zero attached hydrogens (tertiary/aromatic N) is 1. The Balaban J connectivity index is 1.65. The zero-order valence-corrected chi connectivity index (χ0v) is 14.9. The van der Waals surface area contributed by atoms with Gasteiger partial charge in [0.2, 0.25) is 5.91 Å². The molecular formula is C19H25N3OS. The molecule has 1 amide bonds. The number of thiophene rings is 1. The summed E-state index contributed by atoms with van der Waals surface area (Å²) in [7, 11) is 2.00. The number of rotatable bonds is 6. The van der Waals surface area contributed by atoms with Gasteiger partial charge < -0.3 is 10.6 Å². The summed E-state index contributed by atoms with van der Waals surface area (Å²) in [4.78, 5) is 16.0. The number of hydrogen-bond donors (Lipinski definition) is 2. The van der Waals surface area contributed by atoms with E-state index in [1.54, 1.807) is 11.3 Å². The maximum atomic E-state index is 12.6. The summed E-state index contributed by atoms with van der Waals surface area (Å²) in [5.74, 6) is 0.0917. The van der Waals surface area contributed by atoms with Crippen molar-refractivity contribution < 1.29 is 4.79 Å². The maximum Gasteiger partial charge on any atom is 0.234 e. The molecule has 1 aromatic heterocycles. The van der Waals surface area contributed by atoms with Crippen molar-refractivity contribution in [2.45, 2.75) is 24.9 Å². The number of nitrogens with one attached hydrogen (secondary N) is 2. The number of amides is 1. The minimum Gasteiger partial charge on any atom is -0.343 e. The van der Waals surface area contributed by atoms with Crippen LogP contribution in [0.5, 0.6) is 0 Å². The van der Waals surface area contributed by atoms with E-state index in [1.165, 1.54) is 11.3 Å². The summed E-state index contributed by atoms with van der Waals surface area (Å²) in [5, 5.41) is 8.60. The smallest absolute Gasteiger partial charge is 0.234 e. The standard InChI is InChI=1S/C19H25N3OS/c1-20-16-9-5-11-22(13-16)14-18(23)21-19(17-10-6-12-24-17)15-7-3-2-4-8-15/h2-4,6-8,10,12,16,19-20H,5,9,11,13-14H2,1H3,(H,21,23). The van der Waals surface area contributed by atoms with Crippen molar-refractivity contribution in [1.29, 1.82) is 0 Å². The monoisotopic (exact) mass is 343 g/mol. The van der Waals surface area contributed by atoms with Crippen molar-refractivity contribution in [3.05, 3.63) is 58.3 Å². The number of likely N-dealkylation sites (tertiary alicyclic amines) is 1. The lowest BCUT2D eigenvalue weighted by Crippen LogP contribution is -2.48. The zero-order valence-electron chi connectivity index (χ0n) is 14.1. The molecule has 3 rings (SSSR count). The van der Waals surface area contributed by atoms with Crippen molar-refractivity contribution in [2.75, 3.05) is 26.7 Å². The van der Waals surface area contributed by atoms with Crippen molar-refractivity contribution in [2.24, 2.45) is 0 Å². The molecule has 1 aromatic carbocycles. The van der Waals surface area contributed by atoms with Gasteiger partial charge in [0.05, 0.1) is 12.6 Å². The number of benzene rings is 1. The fourth-order valence-corrected chi connectivity index (χ4v) is 4.07. The molecule has 0 aliphatic carbocycles. The highest BCUT2D eigenvalue weighted by atomic mass is 32.1. The predicted molar refractivity (Wildman–Crippen MR) is 99.3 cm³/mol. The largest absolute Gasteiger partial charge is 0.343 e. The van der Waals surface area contributed by atoms with Crippen molar-refractivity contribution >= 4 is 17.2 Å². The van der Waals surface area contributed by atoms with E-state index in [4.69, 9.17) is 0 Å². The Morgan fingerprint density at radius 3 is 2.83 bits per heavy atom. The van der Waals surface area contributed by atoms with Crippen LogP contribution in [-0.2, 0) is 4.79 Å². The van der Waals surface area contributed by atoms with Gasteiger partial charge in [-0.2, -0.15) is 0 Å². The van der Waals surface area contributed by atoms with E-state index in [9.17, 15) is 4.79 Å². The van der Waals surface area contributed by atoms with E-state index in [0.717, 1.165) is 25.1 Å². The summed E-state index contributed by atoms with van der Waals surface area (Å²) in [6.07, 6.45) is 2.34. The maximum absolute atomic E-state index is 12.6. The van der Waals surface area contributed by atoms with Gasteiger partial charge in [-0.15, -0.1) is 11.3 Å². The molecule has 1 aliphatic heterocycles. The Labute approximate surface area is 147 Å². The zero-order chi connectivity index (χ0) is 16.8. The first-order valence-corrected chi connectivity index (χ1v) is 9.41. The van der Waals surface area contributed by atoms with Gasteiger partial charge in [-0.1, -0.05) is 36.4 Å². The highest BCUT2D eigenvalue weighted by Crippen LogP contribution is 2.25. The van der Waals surface area contributed by atoms with Crippen molar-refractivity contribution in [1.82, 2.24) is 15.5 Å². The molecule has 4 nitrogen and oxygen atoms in total. The van der Waals surface area contributed by atoms with Gasteiger partial charge in [-0.25, -0.2) is 0 Å². The molecule has 1 fully saturated rings. The lowest BCUT2D eigenvalue weighted by Gasteiger charge is -2.32. The van der Waals surface area contributed by atoms with Crippen molar-refractivity contribution in [3.8, 4) is 0 Å². The second-order valence-corrected chi connectivity index (χ2v) is 7.27. The van der Waals surface area contributed by atoms with E-state index in [2.05, 4.69) is 39.1 Å². The van der Waals surface area contributed by atoms with E-state index < -0.39 is 0 Å². The Morgan fingerprint density at radius 2 is 2.12 bits per heavy atom. The van der Waals surface area contributed by atoms with Crippen LogP contribution in [0, 0.1) is 0 Å². The van der Waals surface area contributed by atoms with Crippen molar-refractivity contribution in [3.63, 3.8) is 0 Å². The van der Waals surface area contributed by atoms with Gasteiger partial charge in [0, 0.05) is 17.5 Å². The third-order valence-corrected chi connectivity index (χ3v) is 5.48. The number of hydrogen-bond acceptors (Lipinski definition) is 4. The molecule has 2 unspecified atom stereocenters. The number of piperidine rings is 1. The molecule has 1 saturated heterocycles. The lowest BCUT2D eigenvalue weighted by atomic mass is 10.0. The minimum atomic E-state index is -0.0661. The second-order valence-electron chi connectivity index (χ2n) is 6.29. The summed E-state index contributed by atoms with van der Waals surface area (Å²) < 4.78 is 0. The molecule has 2 atom stereocenters. The lowest BCUT2D eigenvalue weighted by molar-refractivity contribution is -0.123. The molecule has 0 bridgehead atoms. The highest BCUT2D eigenvalue weighted by Gasteiger charge is 2.23. The van der Waals surface area contributed by atoms with Crippen LogP contribution in [0.2, 0.25) is 0 Å². The molecule has 5 heteroatoms. The van der Waals surface area contributed by atoms with Gasteiger partial charge in [-0.3, -0.25) is 9.69 Å². The van der Waals surface area contributed by atoms with E-state index >= 15 is 0 Å². The SMILES string of the molecule is CNC1CCCN(CC(=O)NC(c2ccccc2)c2cccs2)C1. The molecule has 2 aromatic rings. The summed E-state index contributed by atoms with van der Waals surface area (Å²) in [5.41, 5.74) is 1.13. The van der Waals surface area contributed by atoms with Crippen LogP contribution in [0.4, 0.5) is 0 Å². The van der Waals surface area contributed by atoms with Crippen LogP contribution in [-0.4, -0.2) is 43.5 Å². The number of carbonyl (C=O) groups is 1. The third-order valence-electron chi connectivity index (χ3n) is 4.55. The molecule has 1 aliphatic rings. The van der Waals surface area contributed by atoms with Gasteiger partial charge in [0.1, 0.15) is 0 Å². The number of likely N-dealkylation sites (N-methyl/N-ethyl adjacent to an activating group) is 1. The van der Waals surface area contributed by atoms with Crippen LogP contribution in [0.25, 0.3) is 0 Å². The first-order valence-electron chi connectivity index (χ1n) is 8.53. The normalized spacial score (nSPS) is 19.8. The molecule has 0 radical (unpaired) electrons. The Morgan fingerprint density at radius 1 is 1.29 bits per heavy atom. The van der Waals surface area contributed by atoms with Crippen LogP contribution >= 0.6 is 11.3 Å². The molecule has 128 valence electrons. The van der Waals surface area contributed by atoms with E-state index in [0.29, 0.717) is 12.6 Å². The summed E-state index contributed by atoms with van der Waals surface area (Å²) >= 11 is 1.68. The average Bonchev–Trinajstić information content (AvgIpc) is 3.15. The van der Waals surface area contributed by atoms with Crippen LogP contribution in [0.1, 0.15) is 29.3 Å². The van der Waals surface area contributed by atoms with Gasteiger partial charge >= 0.3 is 0 Å². The predicted octanol–water partition coefficient (Wildman–Crippen LogP) is 2.64. The molecule has 0 spiro atoms. The van der Waals surface area contributed by atoms with Crippen LogP contribution in [0.15, 0.2) is 47.8 Å². The van der Waals surface area contributed by atoms with Gasteiger partial charge in [0.25, 0.3) is 0 Å². The van der Waals surface area contributed by atoms with Gasteiger partial charge in [-0.05, 0) is 43.4 Å². The summed E-state index contributed by atoms with van der Waals surface area (Å²) in [6, 6.07) is 14.7. The first-order chi connectivity index (χ1) is 11.8. The Bertz CT molecular complexity index is 629. The molecular weight excluding hydrogens is 318 g/mol. The van der Waals surface area contributed by atoms with E-state index in [-0.39, 0.29) is 11.9 Å². The fourth-order valence-electron chi connectivity index (χ4n) is 3.26. The average molecular weight is 343 g/mol. The topological polar surface area (TPSA) is 44.4 Å². The minimum absolute atomic E-state index is 0.0661. The molecule has 2 heterocycles. The fraction of sp³-hybridized carbons (Fsp3) is 0.421. The van der Waals surface area contributed by atoms with Gasteiger partial charge in [0.15, 0.2) is 0 Å². The second kappa shape index (κ2) is 8.42.